The van der Waals surface area contributed by atoms with Gasteiger partial charge in [0.25, 0.3) is 0 Å². The van der Waals surface area contributed by atoms with Gasteiger partial charge in [-0.3, -0.25) is 0 Å². The highest BCUT2D eigenvalue weighted by Crippen LogP contribution is 2.23. The van der Waals surface area contributed by atoms with Gasteiger partial charge in [0, 0.05) is 22.3 Å². The zero-order valence-corrected chi connectivity index (χ0v) is 12.8. The number of hydrogen-bond donors (Lipinski definition) is 1. The first-order valence-corrected chi connectivity index (χ1v) is 8.55. The van der Waals surface area contributed by atoms with Gasteiger partial charge in [0.05, 0.1) is 5.75 Å². The van der Waals surface area contributed by atoms with Gasteiger partial charge in [0.1, 0.15) is 15.7 Å². The van der Waals surface area contributed by atoms with E-state index >= 15 is 0 Å². The van der Waals surface area contributed by atoms with Crippen molar-refractivity contribution in [2.24, 2.45) is 0 Å². The van der Waals surface area contributed by atoms with Crippen molar-refractivity contribution in [3.63, 3.8) is 0 Å². The third kappa shape index (κ3) is 5.04. The molecule has 0 saturated carbocycles. The summed E-state index contributed by atoms with van der Waals surface area (Å²) in [5.74, 6) is -0.504. The van der Waals surface area contributed by atoms with Crippen molar-refractivity contribution in [1.29, 1.82) is 0 Å². The number of halogens is 2. The largest absolute Gasteiger partial charge is 0.309 e. The number of sulfone groups is 1. The van der Waals surface area contributed by atoms with Crippen LogP contribution in [0.15, 0.2) is 22.7 Å². The van der Waals surface area contributed by atoms with E-state index in [0.717, 1.165) is 17.1 Å². The Bertz CT molecular complexity index is 505. The van der Waals surface area contributed by atoms with Crippen LogP contribution < -0.4 is 5.32 Å². The normalized spacial score (nSPS) is 13.6. The van der Waals surface area contributed by atoms with Gasteiger partial charge in [-0.2, -0.15) is 0 Å². The van der Waals surface area contributed by atoms with Crippen LogP contribution in [0.25, 0.3) is 0 Å². The van der Waals surface area contributed by atoms with Crippen molar-refractivity contribution in [3.8, 4) is 0 Å². The maximum Gasteiger partial charge on any atom is 0.149 e. The van der Waals surface area contributed by atoms with Gasteiger partial charge >= 0.3 is 0 Å². The molecule has 0 aliphatic carbocycles. The Labute approximate surface area is 116 Å². The lowest BCUT2D eigenvalue weighted by Gasteiger charge is -2.19. The molecule has 0 aliphatic heterocycles. The molecule has 1 aromatic rings. The standard InChI is InChI=1S/C12H17BrFNO2S/c1-3-6-15-12(8-18(2,16)17)10-7-9(13)4-5-11(10)14/h4-5,7,12,15H,3,6,8H2,1-2H3. The van der Waals surface area contributed by atoms with Crippen LogP contribution in [0.5, 0.6) is 0 Å². The highest BCUT2D eigenvalue weighted by atomic mass is 79.9. The SMILES string of the molecule is CCCNC(CS(C)(=O)=O)c1cc(Br)ccc1F. The van der Waals surface area contributed by atoms with Gasteiger partial charge in [-0.1, -0.05) is 22.9 Å². The van der Waals surface area contributed by atoms with Gasteiger partial charge in [-0.05, 0) is 31.2 Å². The van der Waals surface area contributed by atoms with Crippen molar-refractivity contribution in [2.45, 2.75) is 19.4 Å². The van der Waals surface area contributed by atoms with Crippen molar-refractivity contribution in [3.05, 3.63) is 34.1 Å². The Morgan fingerprint density at radius 1 is 1.44 bits per heavy atom. The fourth-order valence-electron chi connectivity index (χ4n) is 1.66. The van der Waals surface area contributed by atoms with Crippen LogP contribution in [-0.2, 0) is 9.84 Å². The Morgan fingerprint density at radius 2 is 2.11 bits per heavy atom. The Morgan fingerprint density at radius 3 is 2.67 bits per heavy atom. The summed E-state index contributed by atoms with van der Waals surface area (Å²) in [5, 5.41) is 3.07. The summed E-state index contributed by atoms with van der Waals surface area (Å²) in [6.07, 6.45) is 2.01. The van der Waals surface area contributed by atoms with Crippen LogP contribution in [0.4, 0.5) is 4.39 Å². The van der Waals surface area contributed by atoms with Crippen LogP contribution in [0.3, 0.4) is 0 Å². The minimum Gasteiger partial charge on any atom is -0.309 e. The minimum absolute atomic E-state index is 0.111. The van der Waals surface area contributed by atoms with Gasteiger partial charge in [-0.15, -0.1) is 0 Å². The van der Waals surface area contributed by atoms with Crippen molar-refractivity contribution < 1.29 is 12.8 Å². The van der Waals surface area contributed by atoms with E-state index in [4.69, 9.17) is 0 Å². The van der Waals surface area contributed by atoms with Crippen molar-refractivity contribution in [2.75, 3.05) is 18.6 Å². The molecule has 0 fully saturated rings. The topological polar surface area (TPSA) is 46.2 Å². The molecule has 3 nitrogen and oxygen atoms in total. The van der Waals surface area contributed by atoms with Crippen molar-refractivity contribution >= 4 is 25.8 Å². The fourth-order valence-corrected chi connectivity index (χ4v) is 2.94. The van der Waals surface area contributed by atoms with E-state index in [0.29, 0.717) is 12.1 Å². The molecule has 0 radical (unpaired) electrons. The molecule has 1 aromatic carbocycles. The second-order valence-electron chi connectivity index (χ2n) is 4.26. The second kappa shape index (κ2) is 6.63. The maximum atomic E-state index is 13.8. The summed E-state index contributed by atoms with van der Waals surface area (Å²) in [6, 6.07) is 4.03. The lowest BCUT2D eigenvalue weighted by Crippen LogP contribution is -2.29. The molecule has 102 valence electrons. The average Bonchev–Trinajstić information content (AvgIpc) is 2.26. The summed E-state index contributed by atoms with van der Waals surface area (Å²) < 4.78 is 37.3. The van der Waals surface area contributed by atoms with Crippen LogP contribution in [-0.4, -0.2) is 27.0 Å². The molecular weight excluding hydrogens is 321 g/mol. The molecule has 0 heterocycles. The van der Waals surface area contributed by atoms with E-state index in [-0.39, 0.29) is 5.75 Å². The molecule has 1 rings (SSSR count). The molecule has 0 bridgehead atoms. The molecule has 18 heavy (non-hydrogen) atoms. The molecule has 1 N–H and O–H groups in total. The summed E-state index contributed by atoms with van der Waals surface area (Å²) in [7, 11) is -3.18. The molecule has 0 spiro atoms. The third-order valence-electron chi connectivity index (χ3n) is 2.44. The zero-order chi connectivity index (χ0) is 13.8. The summed E-state index contributed by atoms with van der Waals surface area (Å²) in [6.45, 7) is 2.62. The summed E-state index contributed by atoms with van der Waals surface area (Å²) in [5.41, 5.74) is 0.378. The predicted molar refractivity (Wildman–Crippen MR) is 74.8 cm³/mol. The van der Waals surface area contributed by atoms with Crippen LogP contribution >= 0.6 is 15.9 Å². The number of rotatable bonds is 6. The van der Waals surface area contributed by atoms with Gasteiger partial charge < -0.3 is 5.32 Å². The van der Waals surface area contributed by atoms with E-state index in [2.05, 4.69) is 21.2 Å². The fraction of sp³-hybridized carbons (Fsp3) is 0.500. The number of benzene rings is 1. The van der Waals surface area contributed by atoms with Gasteiger partial charge in [0.2, 0.25) is 0 Å². The maximum absolute atomic E-state index is 13.8. The smallest absolute Gasteiger partial charge is 0.149 e. The second-order valence-corrected chi connectivity index (χ2v) is 7.37. The lowest BCUT2D eigenvalue weighted by atomic mass is 10.1. The first kappa shape index (κ1) is 15.6. The molecule has 0 amide bonds. The zero-order valence-electron chi connectivity index (χ0n) is 10.4. The highest BCUT2D eigenvalue weighted by Gasteiger charge is 2.20. The van der Waals surface area contributed by atoms with E-state index < -0.39 is 21.7 Å². The summed E-state index contributed by atoms with van der Waals surface area (Å²) >= 11 is 3.27. The van der Waals surface area contributed by atoms with E-state index in [9.17, 15) is 12.8 Å². The first-order chi connectivity index (χ1) is 8.33. The Kier molecular flexibility index (Phi) is 5.75. The number of hydrogen-bond acceptors (Lipinski definition) is 3. The molecule has 0 saturated heterocycles. The van der Waals surface area contributed by atoms with Crippen LogP contribution in [0.2, 0.25) is 0 Å². The van der Waals surface area contributed by atoms with E-state index in [1.54, 1.807) is 12.1 Å². The monoisotopic (exact) mass is 337 g/mol. The van der Waals surface area contributed by atoms with Crippen molar-refractivity contribution in [1.82, 2.24) is 5.32 Å². The van der Waals surface area contributed by atoms with Crippen LogP contribution in [0.1, 0.15) is 24.9 Å². The molecule has 0 aliphatic rings. The minimum atomic E-state index is -3.18. The number of nitrogens with one attached hydrogen (secondary N) is 1. The quantitative estimate of drug-likeness (QED) is 0.867. The molecular formula is C12H17BrFNO2S. The summed E-state index contributed by atoms with van der Waals surface area (Å²) in [4.78, 5) is 0. The molecule has 0 aromatic heterocycles. The predicted octanol–water partition coefficient (Wildman–Crippen LogP) is 2.67. The van der Waals surface area contributed by atoms with E-state index in [1.165, 1.54) is 6.07 Å². The lowest BCUT2D eigenvalue weighted by molar-refractivity contribution is 0.519. The third-order valence-corrected chi connectivity index (χ3v) is 3.88. The Balaban J connectivity index is 3.04. The highest BCUT2D eigenvalue weighted by molar-refractivity contribution is 9.10. The Hall–Kier alpha value is -0.460. The van der Waals surface area contributed by atoms with E-state index in [1.807, 2.05) is 6.92 Å². The van der Waals surface area contributed by atoms with Gasteiger partial charge in [0.15, 0.2) is 0 Å². The average molecular weight is 338 g/mol. The van der Waals surface area contributed by atoms with Crippen LogP contribution in [0, 0.1) is 5.82 Å². The van der Waals surface area contributed by atoms with Gasteiger partial charge in [-0.25, -0.2) is 12.8 Å². The molecule has 6 heteroatoms. The molecule has 1 atom stereocenters. The first-order valence-electron chi connectivity index (χ1n) is 5.69. The molecule has 1 unspecified atom stereocenters.